The predicted molar refractivity (Wildman–Crippen MR) is 15.0 cm³/mol. The Hall–Kier alpha value is 0.532. The third kappa shape index (κ3) is 21.0. The minimum Gasteiger partial charge on any atom is 0 e. The fourth-order valence-corrected chi connectivity index (χ4v) is 0. The monoisotopic (exact) mass is 94.0 g/mol. The van der Waals surface area contributed by atoms with E-state index in [9.17, 15) is 0 Å². The summed E-state index contributed by atoms with van der Waals surface area (Å²) >= 11 is 0.875. The molecule has 0 rings (SSSR count). The second kappa shape index (κ2) is 9.65. The summed E-state index contributed by atoms with van der Waals surface area (Å²) in [6.07, 6.45) is 0. The maximum atomic E-state index is 2.19. The van der Waals surface area contributed by atoms with Gasteiger partial charge >= 0.3 is 26.8 Å². The average molecular weight is 94.1 g/mol. The van der Waals surface area contributed by atoms with Crippen molar-refractivity contribution >= 4 is 0 Å². The number of rotatable bonds is 0. The SMILES string of the molecule is [CH3][Cr][CH3].[C]. The Morgan fingerprint density at radius 3 is 1.25 bits per heavy atom. The molecule has 0 aromatic rings. The van der Waals surface area contributed by atoms with Gasteiger partial charge in [-0.1, -0.05) is 0 Å². The van der Waals surface area contributed by atoms with Crippen LogP contribution in [-0.4, -0.2) is 0 Å². The molecule has 0 aromatic heterocycles. The van der Waals surface area contributed by atoms with E-state index in [-0.39, 0.29) is 7.43 Å². The fourth-order valence-electron chi connectivity index (χ4n) is 0. The summed E-state index contributed by atoms with van der Waals surface area (Å²) in [5.41, 5.74) is 0. The van der Waals surface area contributed by atoms with Gasteiger partial charge in [0.25, 0.3) is 0 Å². The number of hydrogen-bond donors (Lipinski definition) is 0. The Kier molecular flexibility index (Phi) is 21.3. The van der Waals surface area contributed by atoms with Gasteiger partial charge in [-0.25, -0.2) is 0 Å². The first-order valence-corrected chi connectivity index (χ1v) is 3.37. The molecule has 0 saturated heterocycles. The van der Waals surface area contributed by atoms with Gasteiger partial charge in [0.2, 0.25) is 0 Å². The van der Waals surface area contributed by atoms with Crippen LogP contribution in [0.5, 0.6) is 0 Å². The van der Waals surface area contributed by atoms with Crippen molar-refractivity contribution in [3.8, 4) is 0 Å². The van der Waals surface area contributed by atoms with E-state index in [4.69, 9.17) is 0 Å². The molecule has 24 valence electrons. The minimum atomic E-state index is 0. The molecule has 4 heavy (non-hydrogen) atoms. The quantitative estimate of drug-likeness (QED) is 0.423. The third-order valence-corrected chi connectivity index (χ3v) is 0. The van der Waals surface area contributed by atoms with E-state index in [0.717, 1.165) is 15.2 Å². The molecule has 0 aliphatic heterocycles. The van der Waals surface area contributed by atoms with E-state index in [1.807, 2.05) is 0 Å². The van der Waals surface area contributed by atoms with Gasteiger partial charge in [0.05, 0.1) is 0 Å². The molecule has 0 amide bonds. The first-order valence-electron chi connectivity index (χ1n) is 0.816. The zero-order chi connectivity index (χ0) is 2.71. The molecule has 0 nitrogen and oxygen atoms in total. The van der Waals surface area contributed by atoms with Gasteiger partial charge in [0.1, 0.15) is 0 Å². The molecule has 0 N–H and O–H groups in total. The van der Waals surface area contributed by atoms with Crippen LogP contribution in [0.3, 0.4) is 0 Å². The first kappa shape index (κ1) is 8.82. The largest absolute Gasteiger partial charge is 0 e. The molecular weight excluding hydrogens is 88.0 g/mol. The summed E-state index contributed by atoms with van der Waals surface area (Å²) in [6.45, 7) is 0. The molecule has 0 aliphatic carbocycles. The zero-order valence-corrected chi connectivity index (χ0v) is 4.18. The van der Waals surface area contributed by atoms with E-state index in [2.05, 4.69) is 11.6 Å². The Bertz CT molecular complexity index is 3.25. The maximum Gasteiger partial charge on any atom is 0 e. The first-order chi connectivity index (χ1) is 1.41. The molecule has 0 heterocycles. The smallest absolute Gasteiger partial charge is 0 e. The second-order valence-electron chi connectivity index (χ2n) is 0.408. The van der Waals surface area contributed by atoms with Crippen LogP contribution in [0.25, 0.3) is 0 Å². The Morgan fingerprint density at radius 1 is 1.25 bits per heavy atom. The maximum absolute atomic E-state index is 2.19. The van der Waals surface area contributed by atoms with Gasteiger partial charge in [-0.3, -0.25) is 0 Å². The standard InChI is InChI=1S/2CH3.C.Cr/h2*1H3;;. The summed E-state index contributed by atoms with van der Waals surface area (Å²) in [6, 6.07) is 0. The normalized spacial score (nSPS) is 4.50. The summed E-state index contributed by atoms with van der Waals surface area (Å²) < 4.78 is 0. The van der Waals surface area contributed by atoms with Gasteiger partial charge in [-0.15, -0.1) is 0 Å². The summed E-state index contributed by atoms with van der Waals surface area (Å²) in [4.78, 5) is 0. The van der Waals surface area contributed by atoms with E-state index < -0.39 is 0 Å². The molecule has 0 aliphatic rings. The molecule has 0 atom stereocenters. The Morgan fingerprint density at radius 2 is 1.25 bits per heavy atom. The molecular formula is C3H6Cr. The minimum absolute atomic E-state index is 0. The van der Waals surface area contributed by atoms with Crippen molar-refractivity contribution in [2.45, 2.75) is 11.6 Å². The molecule has 0 bridgehead atoms. The van der Waals surface area contributed by atoms with Crippen LogP contribution in [0.2, 0.25) is 11.6 Å². The van der Waals surface area contributed by atoms with Crippen molar-refractivity contribution in [3.63, 3.8) is 0 Å². The zero-order valence-electron chi connectivity index (χ0n) is 2.91. The fraction of sp³-hybridized carbons (Fsp3) is 0.667. The van der Waals surface area contributed by atoms with E-state index in [1.54, 1.807) is 0 Å². The van der Waals surface area contributed by atoms with Crippen LogP contribution in [0, 0.1) is 7.43 Å². The van der Waals surface area contributed by atoms with Crippen molar-refractivity contribution in [2.75, 3.05) is 0 Å². The van der Waals surface area contributed by atoms with Crippen LogP contribution in [-0.2, 0) is 15.2 Å². The topological polar surface area (TPSA) is 0 Å². The molecule has 1 heteroatoms. The van der Waals surface area contributed by atoms with Crippen molar-refractivity contribution in [1.29, 1.82) is 0 Å². The Labute approximate surface area is 34.9 Å². The molecule has 0 unspecified atom stereocenters. The second-order valence-corrected chi connectivity index (χ2v) is 1.68. The predicted octanol–water partition coefficient (Wildman–Crippen LogP) is 1.25. The van der Waals surface area contributed by atoms with E-state index in [1.165, 1.54) is 0 Å². The van der Waals surface area contributed by atoms with Crippen molar-refractivity contribution in [1.82, 2.24) is 0 Å². The van der Waals surface area contributed by atoms with E-state index >= 15 is 0 Å². The van der Waals surface area contributed by atoms with Crippen LogP contribution in [0.15, 0.2) is 0 Å². The van der Waals surface area contributed by atoms with Gasteiger partial charge in [-0.05, 0) is 0 Å². The average Bonchev–Trinajstić information content (AvgIpc) is 0.918. The van der Waals surface area contributed by atoms with Gasteiger partial charge in [0.15, 0.2) is 0 Å². The molecule has 0 spiro atoms. The third-order valence-electron chi connectivity index (χ3n) is 0. The molecule has 0 fully saturated rings. The van der Waals surface area contributed by atoms with Crippen molar-refractivity contribution in [2.24, 2.45) is 0 Å². The van der Waals surface area contributed by atoms with Crippen LogP contribution in [0.4, 0.5) is 0 Å². The van der Waals surface area contributed by atoms with Crippen LogP contribution >= 0.6 is 0 Å². The Balaban J connectivity index is 0. The summed E-state index contributed by atoms with van der Waals surface area (Å²) in [5.74, 6) is 4.38. The van der Waals surface area contributed by atoms with Crippen molar-refractivity contribution < 1.29 is 15.2 Å². The summed E-state index contributed by atoms with van der Waals surface area (Å²) in [5, 5.41) is 0. The summed E-state index contributed by atoms with van der Waals surface area (Å²) in [7, 11) is 0. The van der Waals surface area contributed by atoms with Crippen LogP contribution < -0.4 is 0 Å². The van der Waals surface area contributed by atoms with Gasteiger partial charge < -0.3 is 0 Å². The van der Waals surface area contributed by atoms with E-state index in [0.29, 0.717) is 0 Å². The number of hydrogen-bond acceptors (Lipinski definition) is 0. The van der Waals surface area contributed by atoms with Crippen molar-refractivity contribution in [3.05, 3.63) is 7.43 Å². The molecule has 4 radical (unpaired) electrons. The molecule has 0 saturated carbocycles. The molecule has 0 aromatic carbocycles. The van der Waals surface area contributed by atoms with Gasteiger partial charge in [0, 0.05) is 7.43 Å². The van der Waals surface area contributed by atoms with Crippen LogP contribution in [0.1, 0.15) is 0 Å². The van der Waals surface area contributed by atoms with Gasteiger partial charge in [-0.2, -0.15) is 0 Å².